The van der Waals surface area contributed by atoms with Crippen LogP contribution in [0, 0.1) is 0 Å². The highest BCUT2D eigenvalue weighted by atomic mass is 32.1. The summed E-state index contributed by atoms with van der Waals surface area (Å²) >= 11 is 1.76. The summed E-state index contributed by atoms with van der Waals surface area (Å²) in [5.41, 5.74) is 2.53. The maximum Gasteiger partial charge on any atom is 0.0719 e. The predicted octanol–water partition coefficient (Wildman–Crippen LogP) is 3.56. The Labute approximate surface area is 88.0 Å². The van der Waals surface area contributed by atoms with Gasteiger partial charge in [-0.3, -0.25) is 0 Å². The highest BCUT2D eigenvalue weighted by molar-refractivity contribution is 7.13. The second-order valence-corrected chi connectivity index (χ2v) is 4.02. The first-order valence-electron chi connectivity index (χ1n) is 4.52. The molecule has 0 aliphatic rings. The molecule has 1 aromatic carbocycles. The molecule has 2 heteroatoms. The van der Waals surface area contributed by atoms with Gasteiger partial charge in [0.2, 0.25) is 0 Å². The third-order valence-electron chi connectivity index (χ3n) is 2.10. The quantitative estimate of drug-likeness (QED) is 0.742. The van der Waals surface area contributed by atoms with Crippen molar-refractivity contribution in [3.05, 3.63) is 47.3 Å². The number of hydrogen-bond acceptors (Lipinski definition) is 2. The van der Waals surface area contributed by atoms with Gasteiger partial charge < -0.3 is 4.74 Å². The van der Waals surface area contributed by atoms with E-state index < -0.39 is 0 Å². The largest absolute Gasteiger partial charge is 0.380 e. The van der Waals surface area contributed by atoms with E-state index in [-0.39, 0.29) is 0 Å². The minimum Gasteiger partial charge on any atom is -0.380 e. The van der Waals surface area contributed by atoms with Gasteiger partial charge in [-0.15, -0.1) is 11.3 Å². The summed E-state index contributed by atoms with van der Waals surface area (Å²) in [6.45, 7) is 0.675. The van der Waals surface area contributed by atoms with Gasteiger partial charge in [-0.05, 0) is 22.6 Å². The van der Waals surface area contributed by atoms with E-state index in [0.29, 0.717) is 6.61 Å². The van der Waals surface area contributed by atoms with Crippen LogP contribution in [0.1, 0.15) is 5.56 Å². The van der Waals surface area contributed by atoms with Gasteiger partial charge >= 0.3 is 0 Å². The fraction of sp³-hybridized carbons (Fsp3) is 0.167. The molecule has 0 unspecified atom stereocenters. The van der Waals surface area contributed by atoms with Crippen LogP contribution in [-0.2, 0) is 11.3 Å². The summed E-state index contributed by atoms with van der Waals surface area (Å²) in [5.74, 6) is 0. The van der Waals surface area contributed by atoms with E-state index in [1.54, 1.807) is 18.4 Å². The number of rotatable bonds is 3. The summed E-state index contributed by atoms with van der Waals surface area (Å²) < 4.78 is 5.17. The van der Waals surface area contributed by atoms with Crippen LogP contribution in [0.4, 0.5) is 0 Å². The van der Waals surface area contributed by atoms with Crippen LogP contribution >= 0.6 is 11.3 Å². The van der Waals surface area contributed by atoms with Gasteiger partial charge in [0.15, 0.2) is 0 Å². The molecule has 0 aliphatic heterocycles. The Hall–Kier alpha value is -1.12. The van der Waals surface area contributed by atoms with Gasteiger partial charge in [0.1, 0.15) is 0 Å². The number of methoxy groups -OCH3 is 1. The van der Waals surface area contributed by atoms with Crippen molar-refractivity contribution in [1.29, 1.82) is 0 Å². The fourth-order valence-electron chi connectivity index (χ4n) is 1.47. The summed E-state index contributed by atoms with van der Waals surface area (Å²) in [4.78, 5) is 1.30. The Bertz CT molecular complexity index is 392. The van der Waals surface area contributed by atoms with Crippen molar-refractivity contribution in [2.24, 2.45) is 0 Å². The number of hydrogen-bond donors (Lipinski definition) is 0. The molecule has 0 amide bonds. The molecule has 0 aliphatic carbocycles. The number of ether oxygens (including phenoxy) is 1. The van der Waals surface area contributed by atoms with E-state index in [1.807, 2.05) is 6.07 Å². The molecule has 0 bridgehead atoms. The molecule has 0 fully saturated rings. The Morgan fingerprint density at radius 2 is 2.00 bits per heavy atom. The summed E-state index contributed by atoms with van der Waals surface area (Å²) in [5, 5.41) is 2.10. The Morgan fingerprint density at radius 3 is 2.71 bits per heavy atom. The summed E-state index contributed by atoms with van der Waals surface area (Å²) in [6.07, 6.45) is 0. The second-order valence-electron chi connectivity index (χ2n) is 3.07. The van der Waals surface area contributed by atoms with Crippen molar-refractivity contribution < 1.29 is 4.74 Å². The fourth-order valence-corrected chi connectivity index (χ4v) is 2.26. The van der Waals surface area contributed by atoms with E-state index in [2.05, 4.69) is 35.7 Å². The van der Waals surface area contributed by atoms with Crippen LogP contribution in [-0.4, -0.2) is 7.11 Å². The summed E-state index contributed by atoms with van der Waals surface area (Å²) in [6, 6.07) is 12.6. The first-order valence-corrected chi connectivity index (χ1v) is 5.40. The second kappa shape index (κ2) is 4.40. The Kier molecular flexibility index (Phi) is 2.96. The van der Waals surface area contributed by atoms with E-state index >= 15 is 0 Å². The molecule has 0 N–H and O–H groups in total. The molecule has 0 atom stereocenters. The molecule has 72 valence electrons. The van der Waals surface area contributed by atoms with Crippen molar-refractivity contribution in [1.82, 2.24) is 0 Å². The van der Waals surface area contributed by atoms with E-state index in [0.717, 1.165) is 0 Å². The lowest BCUT2D eigenvalue weighted by molar-refractivity contribution is 0.185. The van der Waals surface area contributed by atoms with Crippen molar-refractivity contribution in [2.75, 3.05) is 7.11 Å². The Morgan fingerprint density at radius 1 is 1.14 bits per heavy atom. The lowest BCUT2D eigenvalue weighted by Crippen LogP contribution is -1.89. The average Bonchev–Trinajstić information content (AvgIpc) is 2.72. The van der Waals surface area contributed by atoms with Gasteiger partial charge in [0.25, 0.3) is 0 Å². The van der Waals surface area contributed by atoms with Gasteiger partial charge in [0.05, 0.1) is 6.61 Å². The van der Waals surface area contributed by atoms with Crippen LogP contribution in [0.2, 0.25) is 0 Å². The first-order chi connectivity index (χ1) is 6.92. The van der Waals surface area contributed by atoms with Crippen LogP contribution in [0.25, 0.3) is 10.4 Å². The lowest BCUT2D eigenvalue weighted by Gasteiger charge is -2.05. The van der Waals surface area contributed by atoms with Crippen molar-refractivity contribution in [3.8, 4) is 10.4 Å². The van der Waals surface area contributed by atoms with Crippen LogP contribution in [0.3, 0.4) is 0 Å². The monoisotopic (exact) mass is 204 g/mol. The standard InChI is InChI=1S/C12H12OS/c1-13-9-10-5-2-3-6-11(10)12-7-4-8-14-12/h2-8H,9H2,1H3. The predicted molar refractivity (Wildman–Crippen MR) is 60.5 cm³/mol. The summed E-state index contributed by atoms with van der Waals surface area (Å²) in [7, 11) is 1.73. The SMILES string of the molecule is COCc1ccccc1-c1cccs1. The molecule has 14 heavy (non-hydrogen) atoms. The third-order valence-corrected chi connectivity index (χ3v) is 3.01. The zero-order valence-electron chi connectivity index (χ0n) is 8.07. The van der Waals surface area contributed by atoms with Crippen LogP contribution in [0.5, 0.6) is 0 Å². The molecule has 0 radical (unpaired) electrons. The van der Waals surface area contributed by atoms with Crippen LogP contribution in [0.15, 0.2) is 41.8 Å². The van der Waals surface area contributed by atoms with E-state index in [4.69, 9.17) is 4.74 Å². The zero-order valence-corrected chi connectivity index (χ0v) is 8.88. The van der Waals surface area contributed by atoms with Crippen molar-refractivity contribution >= 4 is 11.3 Å². The molecular formula is C12H12OS. The molecule has 0 saturated heterocycles. The minimum atomic E-state index is 0.675. The molecule has 2 rings (SSSR count). The third kappa shape index (κ3) is 1.86. The number of thiophene rings is 1. The average molecular weight is 204 g/mol. The molecular weight excluding hydrogens is 192 g/mol. The van der Waals surface area contributed by atoms with Gasteiger partial charge in [-0.1, -0.05) is 30.3 Å². The highest BCUT2D eigenvalue weighted by Crippen LogP contribution is 2.28. The van der Waals surface area contributed by atoms with E-state index in [1.165, 1.54) is 16.0 Å². The topological polar surface area (TPSA) is 9.23 Å². The van der Waals surface area contributed by atoms with Crippen LogP contribution < -0.4 is 0 Å². The maximum absolute atomic E-state index is 5.17. The normalized spacial score (nSPS) is 10.4. The smallest absolute Gasteiger partial charge is 0.0719 e. The van der Waals surface area contributed by atoms with Crippen molar-refractivity contribution in [2.45, 2.75) is 6.61 Å². The number of benzene rings is 1. The Balaban J connectivity index is 2.42. The molecule has 0 spiro atoms. The van der Waals surface area contributed by atoms with Gasteiger partial charge in [-0.2, -0.15) is 0 Å². The first kappa shape index (κ1) is 9.44. The highest BCUT2D eigenvalue weighted by Gasteiger charge is 2.03. The molecule has 1 nitrogen and oxygen atoms in total. The zero-order chi connectivity index (χ0) is 9.80. The molecule has 0 saturated carbocycles. The molecule has 2 aromatic rings. The molecule has 1 aromatic heterocycles. The van der Waals surface area contributed by atoms with E-state index in [9.17, 15) is 0 Å². The minimum absolute atomic E-state index is 0.675. The molecule has 1 heterocycles. The lowest BCUT2D eigenvalue weighted by atomic mass is 10.1. The van der Waals surface area contributed by atoms with Gasteiger partial charge in [-0.25, -0.2) is 0 Å². The maximum atomic E-state index is 5.17. The van der Waals surface area contributed by atoms with Gasteiger partial charge in [0, 0.05) is 12.0 Å². The van der Waals surface area contributed by atoms with Crippen molar-refractivity contribution in [3.63, 3.8) is 0 Å².